The van der Waals surface area contributed by atoms with Gasteiger partial charge in [-0.2, -0.15) is 0 Å². The lowest BCUT2D eigenvalue weighted by molar-refractivity contribution is 0.104. The van der Waals surface area contributed by atoms with E-state index in [1.807, 2.05) is 6.92 Å². The number of benzene rings is 1. The number of nitrogens with two attached hydrogens (primary N) is 1. The van der Waals surface area contributed by atoms with Crippen molar-refractivity contribution in [2.45, 2.75) is 6.92 Å². The van der Waals surface area contributed by atoms with Crippen LogP contribution >= 0.6 is 27.3 Å². The summed E-state index contributed by atoms with van der Waals surface area (Å²) in [7, 11) is 3.04. The van der Waals surface area contributed by atoms with Gasteiger partial charge in [-0.05, 0) is 35.0 Å². The van der Waals surface area contributed by atoms with Crippen LogP contribution in [-0.2, 0) is 0 Å². The molecule has 2 aromatic rings. The molecule has 4 nitrogen and oxygen atoms in total. The molecular formula is C14H14BrNO3S. The van der Waals surface area contributed by atoms with Gasteiger partial charge in [-0.15, -0.1) is 11.3 Å². The van der Waals surface area contributed by atoms with E-state index in [9.17, 15) is 4.79 Å². The van der Waals surface area contributed by atoms with Gasteiger partial charge in [-0.3, -0.25) is 4.79 Å². The zero-order chi connectivity index (χ0) is 14.9. The Kier molecular flexibility index (Phi) is 4.35. The van der Waals surface area contributed by atoms with Crippen LogP contribution < -0.4 is 15.2 Å². The van der Waals surface area contributed by atoms with E-state index in [0.29, 0.717) is 27.6 Å². The fourth-order valence-electron chi connectivity index (χ4n) is 1.78. The van der Waals surface area contributed by atoms with Crippen molar-refractivity contribution in [3.05, 3.63) is 38.0 Å². The minimum Gasteiger partial charge on any atom is -0.497 e. The number of ketones is 1. The maximum Gasteiger partial charge on any atom is 0.205 e. The van der Waals surface area contributed by atoms with Gasteiger partial charge in [-0.1, -0.05) is 0 Å². The molecule has 0 fully saturated rings. The number of hydrogen-bond acceptors (Lipinski definition) is 5. The maximum atomic E-state index is 12.6. The lowest BCUT2D eigenvalue weighted by Crippen LogP contribution is -2.06. The minimum absolute atomic E-state index is 0.140. The zero-order valence-corrected chi connectivity index (χ0v) is 13.7. The fourth-order valence-corrected chi connectivity index (χ4v) is 3.27. The van der Waals surface area contributed by atoms with Crippen molar-refractivity contribution in [3.8, 4) is 11.5 Å². The largest absolute Gasteiger partial charge is 0.497 e. The van der Waals surface area contributed by atoms with E-state index >= 15 is 0 Å². The highest BCUT2D eigenvalue weighted by Gasteiger charge is 2.19. The summed E-state index contributed by atoms with van der Waals surface area (Å²) in [6.45, 7) is 1.95. The van der Waals surface area contributed by atoms with Gasteiger partial charge < -0.3 is 15.2 Å². The third-order valence-electron chi connectivity index (χ3n) is 2.90. The van der Waals surface area contributed by atoms with Gasteiger partial charge in [0.2, 0.25) is 5.78 Å². The Balaban J connectivity index is 2.53. The fraction of sp³-hybridized carbons (Fsp3) is 0.214. The smallest absolute Gasteiger partial charge is 0.205 e. The number of aryl methyl sites for hydroxylation is 1. The van der Waals surface area contributed by atoms with Crippen molar-refractivity contribution in [1.29, 1.82) is 0 Å². The number of ether oxygens (including phenoxy) is 2. The van der Waals surface area contributed by atoms with Crippen LogP contribution in [0.5, 0.6) is 11.5 Å². The number of rotatable bonds is 4. The first-order chi connectivity index (χ1) is 9.47. The van der Waals surface area contributed by atoms with Crippen LogP contribution in [0, 0.1) is 6.92 Å². The molecule has 0 bridgehead atoms. The SMILES string of the molecule is COc1cc(OC)c(N)c(C(=O)c2cc(Br)c(C)s2)c1. The van der Waals surface area contributed by atoms with E-state index < -0.39 is 0 Å². The first-order valence-electron chi connectivity index (χ1n) is 5.80. The molecule has 0 spiro atoms. The molecule has 1 heterocycles. The average Bonchev–Trinajstić information content (AvgIpc) is 2.78. The van der Waals surface area contributed by atoms with Gasteiger partial charge in [0, 0.05) is 15.4 Å². The molecule has 20 heavy (non-hydrogen) atoms. The Hall–Kier alpha value is -1.53. The second-order valence-corrected chi connectivity index (χ2v) is 6.25. The summed E-state index contributed by atoms with van der Waals surface area (Å²) in [6, 6.07) is 5.08. The molecule has 0 aliphatic rings. The summed E-state index contributed by atoms with van der Waals surface area (Å²) in [6.07, 6.45) is 0. The number of halogens is 1. The van der Waals surface area contributed by atoms with E-state index in [2.05, 4.69) is 15.9 Å². The van der Waals surface area contributed by atoms with Crippen molar-refractivity contribution in [2.24, 2.45) is 0 Å². The van der Waals surface area contributed by atoms with Crippen molar-refractivity contribution in [2.75, 3.05) is 20.0 Å². The van der Waals surface area contributed by atoms with E-state index in [-0.39, 0.29) is 5.78 Å². The highest BCUT2D eigenvalue weighted by molar-refractivity contribution is 9.10. The van der Waals surface area contributed by atoms with Crippen LogP contribution in [0.1, 0.15) is 20.1 Å². The molecule has 0 amide bonds. The molecule has 0 unspecified atom stereocenters. The Morgan fingerprint density at radius 2 is 1.95 bits per heavy atom. The summed E-state index contributed by atoms with van der Waals surface area (Å²) in [5.41, 5.74) is 6.70. The Morgan fingerprint density at radius 3 is 2.45 bits per heavy atom. The Morgan fingerprint density at radius 1 is 1.25 bits per heavy atom. The molecule has 2 N–H and O–H groups in total. The average molecular weight is 356 g/mol. The lowest BCUT2D eigenvalue weighted by Gasteiger charge is -2.11. The minimum atomic E-state index is -0.140. The van der Waals surface area contributed by atoms with Crippen LogP contribution in [0.4, 0.5) is 5.69 Å². The monoisotopic (exact) mass is 355 g/mol. The number of thiophene rings is 1. The lowest BCUT2D eigenvalue weighted by atomic mass is 10.1. The molecule has 1 aromatic carbocycles. The first-order valence-corrected chi connectivity index (χ1v) is 7.41. The molecule has 0 aliphatic heterocycles. The summed E-state index contributed by atoms with van der Waals surface area (Å²) in [5.74, 6) is 0.824. The van der Waals surface area contributed by atoms with Crippen molar-refractivity contribution < 1.29 is 14.3 Å². The number of anilines is 1. The van der Waals surface area contributed by atoms with Gasteiger partial charge in [-0.25, -0.2) is 0 Å². The molecule has 2 rings (SSSR count). The van der Waals surface area contributed by atoms with Crippen LogP contribution in [0.25, 0.3) is 0 Å². The maximum absolute atomic E-state index is 12.6. The van der Waals surface area contributed by atoms with Crippen LogP contribution in [0.15, 0.2) is 22.7 Å². The normalized spacial score (nSPS) is 10.4. The van der Waals surface area contributed by atoms with Gasteiger partial charge >= 0.3 is 0 Å². The molecule has 1 aromatic heterocycles. The molecule has 0 saturated carbocycles. The predicted octanol–water partition coefficient (Wildman–Crippen LogP) is 3.65. The van der Waals surface area contributed by atoms with Gasteiger partial charge in [0.1, 0.15) is 11.5 Å². The number of nitrogen functional groups attached to an aromatic ring is 1. The third-order valence-corrected chi connectivity index (χ3v) is 5.03. The van der Waals surface area contributed by atoms with E-state index in [4.69, 9.17) is 15.2 Å². The van der Waals surface area contributed by atoms with Crippen LogP contribution in [0.3, 0.4) is 0 Å². The molecule has 6 heteroatoms. The summed E-state index contributed by atoms with van der Waals surface area (Å²) in [4.78, 5) is 14.2. The second-order valence-electron chi connectivity index (χ2n) is 4.13. The highest BCUT2D eigenvalue weighted by Crippen LogP contribution is 2.35. The molecule has 0 saturated heterocycles. The molecule has 106 valence electrons. The van der Waals surface area contributed by atoms with Crippen LogP contribution in [0.2, 0.25) is 0 Å². The quantitative estimate of drug-likeness (QED) is 0.671. The summed E-state index contributed by atoms with van der Waals surface area (Å²) in [5, 5.41) is 0. The topological polar surface area (TPSA) is 61.6 Å². The summed E-state index contributed by atoms with van der Waals surface area (Å²) >= 11 is 4.83. The molecule has 0 radical (unpaired) electrons. The molecule has 0 atom stereocenters. The predicted molar refractivity (Wildman–Crippen MR) is 84.1 cm³/mol. The summed E-state index contributed by atoms with van der Waals surface area (Å²) < 4.78 is 11.3. The highest BCUT2D eigenvalue weighted by atomic mass is 79.9. The van der Waals surface area contributed by atoms with Gasteiger partial charge in [0.25, 0.3) is 0 Å². The van der Waals surface area contributed by atoms with Crippen molar-refractivity contribution in [3.63, 3.8) is 0 Å². The first kappa shape index (κ1) is 14.9. The number of hydrogen-bond donors (Lipinski definition) is 1. The third kappa shape index (κ3) is 2.66. The van der Waals surface area contributed by atoms with E-state index in [1.165, 1.54) is 25.6 Å². The van der Waals surface area contributed by atoms with E-state index in [0.717, 1.165) is 9.35 Å². The Labute approximate surface area is 129 Å². The molecule has 0 aliphatic carbocycles. The second kappa shape index (κ2) is 5.85. The standard InChI is InChI=1S/C14H14BrNO3S/c1-7-10(15)6-12(20-7)14(17)9-4-8(18-2)5-11(19-3)13(9)16/h4-6H,16H2,1-3H3. The number of methoxy groups -OCH3 is 2. The molecular weight excluding hydrogens is 342 g/mol. The van der Waals surface area contributed by atoms with Crippen molar-refractivity contribution in [1.82, 2.24) is 0 Å². The van der Waals surface area contributed by atoms with Crippen LogP contribution in [-0.4, -0.2) is 20.0 Å². The van der Waals surface area contributed by atoms with Gasteiger partial charge in [0.05, 0.1) is 30.3 Å². The number of carbonyl (C=O) groups is 1. The van der Waals surface area contributed by atoms with E-state index in [1.54, 1.807) is 18.2 Å². The Bertz CT molecular complexity index is 647. The van der Waals surface area contributed by atoms with Crippen molar-refractivity contribution >= 4 is 38.7 Å². The zero-order valence-electron chi connectivity index (χ0n) is 11.3. The number of carbonyl (C=O) groups excluding carboxylic acids is 1. The van der Waals surface area contributed by atoms with Gasteiger partial charge in [0.15, 0.2) is 0 Å².